The van der Waals surface area contributed by atoms with Gasteiger partial charge in [0, 0.05) is 12.5 Å². The number of fused-ring (bicyclic) bond motifs is 1. The number of hydrogen-bond acceptors (Lipinski definition) is 4. The Morgan fingerprint density at radius 3 is 2.20 bits per heavy atom. The lowest BCUT2D eigenvalue weighted by Crippen LogP contribution is -2.43. The molecular formula is C39H56N2O2Si. The predicted molar refractivity (Wildman–Crippen MR) is 188 cm³/mol. The average Bonchev–Trinajstić information content (AvgIpc) is 3.28. The quantitative estimate of drug-likeness (QED) is 0.232. The van der Waals surface area contributed by atoms with Gasteiger partial charge in [0.1, 0.15) is 11.5 Å². The van der Waals surface area contributed by atoms with Gasteiger partial charge in [0.05, 0.1) is 7.11 Å². The van der Waals surface area contributed by atoms with Crippen molar-refractivity contribution >= 4 is 8.32 Å². The van der Waals surface area contributed by atoms with Crippen molar-refractivity contribution in [3.8, 4) is 11.5 Å². The SMILES string of the molecule is COc1ccc(C2CCc3cc(O[Si](C)(C)C(C)(C)C)ccc3C2)c(C(CN)Cc2ccc(CN3CCCCCC3)cc2)c1. The number of ether oxygens (including phenoxy) is 1. The Hall–Kier alpha value is -2.60. The number of nitrogens with two attached hydrogens (primary N) is 1. The van der Waals surface area contributed by atoms with Crippen LogP contribution in [0.1, 0.15) is 98.1 Å². The van der Waals surface area contributed by atoms with Crippen LogP contribution in [0.3, 0.4) is 0 Å². The van der Waals surface area contributed by atoms with Gasteiger partial charge in [0.25, 0.3) is 0 Å². The maximum atomic E-state index is 6.65. The molecule has 0 spiro atoms. The van der Waals surface area contributed by atoms with Crippen molar-refractivity contribution < 1.29 is 9.16 Å². The van der Waals surface area contributed by atoms with Crippen molar-refractivity contribution in [2.24, 2.45) is 5.73 Å². The summed E-state index contributed by atoms with van der Waals surface area (Å²) in [5, 5.41) is 0.187. The number of rotatable bonds is 10. The van der Waals surface area contributed by atoms with Gasteiger partial charge in [-0.3, -0.25) is 4.90 Å². The molecule has 1 saturated heterocycles. The summed E-state index contributed by atoms with van der Waals surface area (Å²) in [7, 11) is -0.101. The molecule has 1 fully saturated rings. The topological polar surface area (TPSA) is 47.7 Å². The first-order chi connectivity index (χ1) is 21.1. The van der Waals surface area contributed by atoms with Crippen molar-refractivity contribution in [2.75, 3.05) is 26.7 Å². The molecule has 1 aliphatic carbocycles. The summed E-state index contributed by atoms with van der Waals surface area (Å²) in [5.74, 6) is 2.68. The van der Waals surface area contributed by atoms with Crippen LogP contribution >= 0.6 is 0 Å². The highest BCUT2D eigenvalue weighted by Crippen LogP contribution is 2.41. The molecule has 1 heterocycles. The molecule has 2 N–H and O–H groups in total. The second-order valence-corrected chi connectivity index (χ2v) is 19.6. The monoisotopic (exact) mass is 612 g/mol. The molecule has 0 amide bonds. The van der Waals surface area contributed by atoms with E-state index in [0.717, 1.165) is 43.7 Å². The number of likely N-dealkylation sites (tertiary alicyclic amines) is 1. The maximum Gasteiger partial charge on any atom is 0.250 e. The zero-order valence-electron chi connectivity index (χ0n) is 28.3. The average molecular weight is 613 g/mol. The molecule has 1 aliphatic heterocycles. The molecule has 4 nitrogen and oxygen atoms in total. The molecule has 2 unspecified atom stereocenters. The van der Waals surface area contributed by atoms with Crippen LogP contribution in [0.5, 0.6) is 11.5 Å². The van der Waals surface area contributed by atoms with Gasteiger partial charge in [-0.05, 0) is 140 Å². The van der Waals surface area contributed by atoms with E-state index in [9.17, 15) is 0 Å². The molecule has 2 atom stereocenters. The molecule has 0 radical (unpaired) electrons. The largest absolute Gasteiger partial charge is 0.543 e. The van der Waals surface area contributed by atoms with Gasteiger partial charge in [-0.15, -0.1) is 0 Å². The van der Waals surface area contributed by atoms with E-state index in [0.29, 0.717) is 12.5 Å². The fourth-order valence-corrected chi connectivity index (χ4v) is 7.87. The first-order valence-corrected chi connectivity index (χ1v) is 20.0. The van der Waals surface area contributed by atoms with Crippen LogP contribution in [-0.2, 0) is 25.8 Å². The van der Waals surface area contributed by atoms with E-state index in [2.05, 4.69) is 99.4 Å². The van der Waals surface area contributed by atoms with Crippen molar-refractivity contribution in [3.63, 3.8) is 0 Å². The molecule has 44 heavy (non-hydrogen) atoms. The summed E-state index contributed by atoms with van der Waals surface area (Å²) in [5.41, 5.74) is 15.0. The molecule has 238 valence electrons. The Morgan fingerprint density at radius 2 is 1.55 bits per heavy atom. The minimum atomic E-state index is -1.86. The first kappa shape index (κ1) is 32.8. The van der Waals surface area contributed by atoms with Crippen LogP contribution in [0.4, 0.5) is 0 Å². The van der Waals surface area contributed by atoms with E-state index < -0.39 is 8.32 Å². The van der Waals surface area contributed by atoms with Crippen LogP contribution in [0.25, 0.3) is 0 Å². The second-order valence-electron chi connectivity index (χ2n) is 14.9. The van der Waals surface area contributed by atoms with E-state index in [4.69, 9.17) is 14.9 Å². The van der Waals surface area contributed by atoms with Gasteiger partial charge in [0.15, 0.2) is 0 Å². The summed E-state index contributed by atoms with van der Waals surface area (Å²) < 4.78 is 12.4. The molecule has 2 aliphatic rings. The van der Waals surface area contributed by atoms with Crippen LogP contribution in [0, 0.1) is 0 Å². The van der Waals surface area contributed by atoms with Crippen LogP contribution in [0.15, 0.2) is 60.7 Å². The minimum absolute atomic E-state index is 0.187. The van der Waals surface area contributed by atoms with Crippen LogP contribution in [-0.4, -0.2) is 40.0 Å². The lowest BCUT2D eigenvalue weighted by atomic mass is 9.76. The predicted octanol–water partition coefficient (Wildman–Crippen LogP) is 9.01. The fourth-order valence-electron chi connectivity index (χ4n) is 6.85. The highest BCUT2D eigenvalue weighted by molar-refractivity contribution is 6.74. The third-order valence-electron chi connectivity index (χ3n) is 10.7. The Kier molecular flexibility index (Phi) is 10.6. The molecule has 5 heteroatoms. The smallest absolute Gasteiger partial charge is 0.250 e. The van der Waals surface area contributed by atoms with E-state index in [-0.39, 0.29) is 11.0 Å². The Balaban J connectivity index is 1.31. The third kappa shape index (κ3) is 7.96. The standard InChI is InChI=1S/C39H56N2O2Si/c1-39(2,3)44(5,6)43-36-18-17-31-24-33(16-15-32(31)25-36)37-20-19-35(42-4)26-38(37)34(27-40)23-29-11-13-30(14-12-29)28-41-21-9-7-8-10-22-41/h11-14,17-20,25-26,33-34H,7-10,15-16,21-24,27-28,40H2,1-6H3. The van der Waals surface area contributed by atoms with Gasteiger partial charge >= 0.3 is 0 Å². The highest BCUT2D eigenvalue weighted by atomic mass is 28.4. The maximum absolute atomic E-state index is 6.65. The van der Waals surface area contributed by atoms with E-state index in [1.165, 1.54) is 72.2 Å². The van der Waals surface area contributed by atoms with E-state index in [1.54, 1.807) is 7.11 Å². The van der Waals surface area contributed by atoms with Crippen molar-refractivity contribution in [2.45, 2.75) is 109 Å². The number of nitrogens with zero attached hydrogens (tertiary/aromatic N) is 1. The number of hydrogen-bond donors (Lipinski definition) is 1. The Labute approximate surface area is 268 Å². The number of methoxy groups -OCH3 is 1. The second kappa shape index (κ2) is 14.2. The fraction of sp³-hybridized carbons (Fsp3) is 0.538. The Bertz CT molecular complexity index is 1370. The molecular weight excluding hydrogens is 557 g/mol. The van der Waals surface area contributed by atoms with Gasteiger partial charge < -0.3 is 14.9 Å². The number of aryl methyl sites for hydroxylation is 1. The summed E-state index contributed by atoms with van der Waals surface area (Å²) in [6.45, 7) is 15.7. The number of benzene rings is 3. The van der Waals surface area contributed by atoms with Crippen LogP contribution < -0.4 is 14.9 Å². The normalized spacial score (nSPS) is 18.8. The third-order valence-corrected chi connectivity index (χ3v) is 15.0. The highest BCUT2D eigenvalue weighted by Gasteiger charge is 2.39. The summed E-state index contributed by atoms with van der Waals surface area (Å²) in [4.78, 5) is 2.62. The molecule has 3 aromatic rings. The molecule has 3 aromatic carbocycles. The summed E-state index contributed by atoms with van der Waals surface area (Å²) in [6, 6.07) is 22.9. The zero-order valence-corrected chi connectivity index (χ0v) is 29.3. The Morgan fingerprint density at radius 1 is 0.864 bits per heavy atom. The van der Waals surface area contributed by atoms with Crippen molar-refractivity contribution in [3.05, 3.63) is 94.0 Å². The van der Waals surface area contributed by atoms with E-state index >= 15 is 0 Å². The lowest BCUT2D eigenvalue weighted by molar-refractivity contribution is 0.277. The van der Waals surface area contributed by atoms with Gasteiger partial charge in [-0.1, -0.05) is 70.0 Å². The van der Waals surface area contributed by atoms with Crippen molar-refractivity contribution in [1.29, 1.82) is 0 Å². The molecule has 0 aromatic heterocycles. The molecule has 5 rings (SSSR count). The summed E-state index contributed by atoms with van der Waals surface area (Å²) >= 11 is 0. The lowest BCUT2D eigenvalue weighted by Gasteiger charge is -2.37. The zero-order chi connectivity index (χ0) is 31.3. The van der Waals surface area contributed by atoms with Gasteiger partial charge in [-0.2, -0.15) is 0 Å². The van der Waals surface area contributed by atoms with E-state index in [1.807, 2.05) is 0 Å². The van der Waals surface area contributed by atoms with Crippen molar-refractivity contribution in [1.82, 2.24) is 4.90 Å². The minimum Gasteiger partial charge on any atom is -0.543 e. The van der Waals surface area contributed by atoms with Gasteiger partial charge in [-0.25, -0.2) is 0 Å². The first-order valence-electron chi connectivity index (χ1n) is 17.0. The van der Waals surface area contributed by atoms with Gasteiger partial charge in [0.2, 0.25) is 8.32 Å². The van der Waals surface area contributed by atoms with Crippen LogP contribution in [0.2, 0.25) is 18.1 Å². The molecule has 0 saturated carbocycles. The summed E-state index contributed by atoms with van der Waals surface area (Å²) in [6.07, 6.45) is 9.63. The molecule has 0 bridgehead atoms.